The molecule has 0 aliphatic rings. The maximum absolute atomic E-state index is 12.7. The summed E-state index contributed by atoms with van der Waals surface area (Å²) in [5, 5.41) is 0. The van der Waals surface area contributed by atoms with Gasteiger partial charge in [0.1, 0.15) is 5.82 Å². The van der Waals surface area contributed by atoms with Crippen molar-refractivity contribution in [1.29, 1.82) is 0 Å². The van der Waals surface area contributed by atoms with E-state index in [1.807, 2.05) is 12.1 Å². The van der Waals surface area contributed by atoms with Gasteiger partial charge in [-0.15, -0.1) is 0 Å². The van der Waals surface area contributed by atoms with Gasteiger partial charge in [0.2, 0.25) is 0 Å². The van der Waals surface area contributed by atoms with Gasteiger partial charge in [-0.25, -0.2) is 4.39 Å². The molecule has 0 amide bonds. The molecule has 0 unspecified atom stereocenters. The number of hydrogen-bond acceptors (Lipinski definition) is 1. The molecule has 0 saturated heterocycles. The van der Waals surface area contributed by atoms with Crippen LogP contribution in [0.1, 0.15) is 32.3 Å². The van der Waals surface area contributed by atoms with Gasteiger partial charge in [-0.1, -0.05) is 26.0 Å². The molecule has 0 spiro atoms. The Labute approximate surface area is 85.1 Å². The number of halogens is 1. The minimum Gasteiger partial charge on any atom is -0.325 e. The molecule has 1 rings (SSSR count). The van der Waals surface area contributed by atoms with E-state index >= 15 is 0 Å². The minimum absolute atomic E-state index is 0.141. The summed E-state index contributed by atoms with van der Waals surface area (Å²) in [6.45, 7) is 4.18. The summed E-state index contributed by atoms with van der Waals surface area (Å²) in [7, 11) is 0. The van der Waals surface area contributed by atoms with Crippen molar-refractivity contribution in [3.63, 3.8) is 0 Å². The summed E-state index contributed by atoms with van der Waals surface area (Å²) in [5.74, 6) is -0.190. The van der Waals surface area contributed by atoms with Crippen LogP contribution in [0.15, 0.2) is 24.3 Å². The molecule has 78 valence electrons. The van der Waals surface area contributed by atoms with E-state index in [1.54, 1.807) is 0 Å². The van der Waals surface area contributed by atoms with Crippen LogP contribution < -0.4 is 5.73 Å². The van der Waals surface area contributed by atoms with Crippen LogP contribution in [0.4, 0.5) is 4.39 Å². The monoisotopic (exact) mass is 195 g/mol. The molecule has 0 radical (unpaired) electrons. The van der Waals surface area contributed by atoms with Crippen LogP contribution in [0.2, 0.25) is 0 Å². The van der Waals surface area contributed by atoms with Gasteiger partial charge in [0.15, 0.2) is 0 Å². The van der Waals surface area contributed by atoms with Crippen LogP contribution in [-0.4, -0.2) is 5.54 Å². The first-order valence-electron chi connectivity index (χ1n) is 5.13. The lowest BCUT2D eigenvalue weighted by Gasteiger charge is -2.26. The van der Waals surface area contributed by atoms with Crippen LogP contribution in [0, 0.1) is 5.82 Å². The Balaban J connectivity index is 2.72. The Bertz CT molecular complexity index is 275. The fraction of sp³-hybridized carbons (Fsp3) is 0.500. The molecule has 0 atom stereocenters. The Hall–Kier alpha value is -0.890. The predicted octanol–water partition coefficient (Wildman–Crippen LogP) is 2.89. The average Bonchev–Trinajstić information content (AvgIpc) is 2.21. The lowest BCUT2D eigenvalue weighted by molar-refractivity contribution is 0.393. The van der Waals surface area contributed by atoms with E-state index < -0.39 is 0 Å². The standard InChI is InChI=1S/C12H18FN/c1-3-12(14,4-2)9-10-5-7-11(13)8-6-10/h5-8H,3-4,9,14H2,1-2H3. The van der Waals surface area contributed by atoms with E-state index in [4.69, 9.17) is 5.73 Å². The highest BCUT2D eigenvalue weighted by Crippen LogP contribution is 2.18. The molecule has 0 fully saturated rings. The summed E-state index contributed by atoms with van der Waals surface area (Å²) in [4.78, 5) is 0. The fourth-order valence-electron chi connectivity index (χ4n) is 1.51. The molecular weight excluding hydrogens is 177 g/mol. The number of hydrogen-bond donors (Lipinski definition) is 1. The van der Waals surface area contributed by atoms with E-state index in [2.05, 4.69) is 13.8 Å². The molecule has 0 heterocycles. The molecule has 2 N–H and O–H groups in total. The van der Waals surface area contributed by atoms with Crippen LogP contribution in [0.3, 0.4) is 0 Å². The van der Waals surface area contributed by atoms with Gasteiger partial charge >= 0.3 is 0 Å². The summed E-state index contributed by atoms with van der Waals surface area (Å²) in [6, 6.07) is 6.59. The highest BCUT2D eigenvalue weighted by Gasteiger charge is 2.20. The highest BCUT2D eigenvalue weighted by molar-refractivity contribution is 5.18. The number of nitrogens with two attached hydrogens (primary N) is 1. The van der Waals surface area contributed by atoms with E-state index in [1.165, 1.54) is 12.1 Å². The normalized spacial score (nSPS) is 11.7. The van der Waals surface area contributed by atoms with E-state index in [0.29, 0.717) is 0 Å². The van der Waals surface area contributed by atoms with Gasteiger partial charge in [0.05, 0.1) is 0 Å². The number of benzene rings is 1. The van der Waals surface area contributed by atoms with Crippen molar-refractivity contribution in [3.05, 3.63) is 35.6 Å². The quantitative estimate of drug-likeness (QED) is 0.785. The Morgan fingerprint density at radius 1 is 1.14 bits per heavy atom. The molecule has 0 bridgehead atoms. The average molecular weight is 195 g/mol. The second-order valence-electron chi connectivity index (χ2n) is 3.87. The van der Waals surface area contributed by atoms with Crippen molar-refractivity contribution in [2.24, 2.45) is 5.73 Å². The molecule has 1 aromatic carbocycles. The lowest BCUT2D eigenvalue weighted by Crippen LogP contribution is -2.40. The van der Waals surface area contributed by atoms with Gasteiger partial charge in [0.25, 0.3) is 0 Å². The van der Waals surface area contributed by atoms with E-state index in [9.17, 15) is 4.39 Å². The smallest absolute Gasteiger partial charge is 0.123 e. The fourth-order valence-corrected chi connectivity index (χ4v) is 1.51. The van der Waals surface area contributed by atoms with Crippen molar-refractivity contribution >= 4 is 0 Å². The van der Waals surface area contributed by atoms with Crippen LogP contribution in [0.25, 0.3) is 0 Å². The minimum atomic E-state index is -0.190. The molecule has 2 heteroatoms. The number of rotatable bonds is 4. The molecular formula is C12H18FN. The van der Waals surface area contributed by atoms with Crippen molar-refractivity contribution < 1.29 is 4.39 Å². The topological polar surface area (TPSA) is 26.0 Å². The predicted molar refractivity (Wildman–Crippen MR) is 57.6 cm³/mol. The summed E-state index contributed by atoms with van der Waals surface area (Å²) in [6.07, 6.45) is 2.71. The Morgan fingerprint density at radius 2 is 1.64 bits per heavy atom. The summed E-state index contributed by atoms with van der Waals surface area (Å²) >= 11 is 0. The van der Waals surface area contributed by atoms with Gasteiger partial charge in [-0.3, -0.25) is 0 Å². The maximum atomic E-state index is 12.7. The SMILES string of the molecule is CCC(N)(CC)Cc1ccc(F)cc1. The third-order valence-corrected chi connectivity index (χ3v) is 2.88. The molecule has 1 nitrogen and oxygen atoms in total. The molecule has 0 aromatic heterocycles. The first kappa shape index (κ1) is 11.2. The van der Waals surface area contributed by atoms with Crippen molar-refractivity contribution in [3.8, 4) is 0 Å². The van der Waals surface area contributed by atoms with Crippen LogP contribution >= 0.6 is 0 Å². The molecule has 14 heavy (non-hydrogen) atoms. The summed E-state index contributed by atoms with van der Waals surface area (Å²) < 4.78 is 12.7. The first-order valence-corrected chi connectivity index (χ1v) is 5.13. The Kier molecular flexibility index (Phi) is 3.64. The van der Waals surface area contributed by atoms with Crippen LogP contribution in [0.5, 0.6) is 0 Å². The molecule has 1 aromatic rings. The van der Waals surface area contributed by atoms with Crippen molar-refractivity contribution in [2.45, 2.75) is 38.6 Å². The van der Waals surface area contributed by atoms with Crippen molar-refractivity contribution in [2.75, 3.05) is 0 Å². The zero-order valence-corrected chi connectivity index (χ0v) is 8.89. The molecule has 0 aliphatic heterocycles. The van der Waals surface area contributed by atoms with Gasteiger partial charge in [-0.2, -0.15) is 0 Å². The third-order valence-electron chi connectivity index (χ3n) is 2.88. The Morgan fingerprint density at radius 3 is 2.07 bits per heavy atom. The van der Waals surface area contributed by atoms with Gasteiger partial charge < -0.3 is 5.73 Å². The molecule has 0 saturated carbocycles. The first-order chi connectivity index (χ1) is 6.59. The highest BCUT2D eigenvalue weighted by atomic mass is 19.1. The van der Waals surface area contributed by atoms with E-state index in [-0.39, 0.29) is 11.4 Å². The second kappa shape index (κ2) is 4.56. The lowest BCUT2D eigenvalue weighted by atomic mass is 9.87. The second-order valence-corrected chi connectivity index (χ2v) is 3.87. The van der Waals surface area contributed by atoms with E-state index in [0.717, 1.165) is 24.8 Å². The zero-order valence-electron chi connectivity index (χ0n) is 8.89. The third kappa shape index (κ3) is 2.81. The van der Waals surface area contributed by atoms with Crippen molar-refractivity contribution in [1.82, 2.24) is 0 Å². The van der Waals surface area contributed by atoms with Crippen LogP contribution in [-0.2, 0) is 6.42 Å². The van der Waals surface area contributed by atoms with Gasteiger partial charge in [-0.05, 0) is 37.0 Å². The molecule has 0 aliphatic carbocycles. The maximum Gasteiger partial charge on any atom is 0.123 e. The van der Waals surface area contributed by atoms with Gasteiger partial charge in [0, 0.05) is 5.54 Å². The largest absolute Gasteiger partial charge is 0.325 e. The summed E-state index contributed by atoms with van der Waals surface area (Å²) in [5.41, 5.74) is 7.14. The zero-order chi connectivity index (χ0) is 10.6.